The Bertz CT molecular complexity index is 434. The molecule has 1 aliphatic carbocycles. The van der Waals surface area contributed by atoms with Gasteiger partial charge in [0.25, 0.3) is 0 Å². The molecule has 0 amide bonds. The van der Waals surface area contributed by atoms with Crippen LogP contribution in [0.3, 0.4) is 0 Å². The van der Waals surface area contributed by atoms with E-state index in [2.05, 4.69) is 5.32 Å². The van der Waals surface area contributed by atoms with E-state index < -0.39 is 6.10 Å². The van der Waals surface area contributed by atoms with E-state index in [9.17, 15) is 5.11 Å². The summed E-state index contributed by atoms with van der Waals surface area (Å²) in [5.74, 6) is 0.512. The van der Waals surface area contributed by atoms with Crippen molar-refractivity contribution in [2.75, 3.05) is 13.2 Å². The Balaban J connectivity index is 1.71. The van der Waals surface area contributed by atoms with Crippen LogP contribution in [-0.4, -0.2) is 30.4 Å². The van der Waals surface area contributed by atoms with Gasteiger partial charge < -0.3 is 15.2 Å². The number of benzene rings is 1. The minimum absolute atomic E-state index is 0.208. The van der Waals surface area contributed by atoms with Crippen LogP contribution in [0.4, 0.5) is 0 Å². The fourth-order valence-electron chi connectivity index (χ4n) is 2.62. The molecule has 1 fully saturated rings. The second kappa shape index (κ2) is 8.84. The highest BCUT2D eigenvalue weighted by Gasteiger charge is 2.14. The van der Waals surface area contributed by atoms with Crippen molar-refractivity contribution >= 4 is 23.2 Å². The van der Waals surface area contributed by atoms with Gasteiger partial charge in [0.1, 0.15) is 18.5 Å². The van der Waals surface area contributed by atoms with Gasteiger partial charge in [0, 0.05) is 23.7 Å². The van der Waals surface area contributed by atoms with Crippen molar-refractivity contribution in [2.24, 2.45) is 0 Å². The molecule has 21 heavy (non-hydrogen) atoms. The third-order valence-electron chi connectivity index (χ3n) is 3.82. The zero-order valence-corrected chi connectivity index (χ0v) is 13.7. The van der Waals surface area contributed by atoms with Crippen LogP contribution in [0.15, 0.2) is 18.2 Å². The third kappa shape index (κ3) is 6.03. The lowest BCUT2D eigenvalue weighted by molar-refractivity contribution is 0.103. The van der Waals surface area contributed by atoms with Crippen molar-refractivity contribution in [1.82, 2.24) is 5.32 Å². The molecule has 1 aromatic rings. The Morgan fingerprint density at radius 1 is 1.19 bits per heavy atom. The number of hydrogen-bond acceptors (Lipinski definition) is 3. The molecule has 0 radical (unpaired) electrons. The van der Waals surface area contributed by atoms with Gasteiger partial charge in [-0.3, -0.25) is 0 Å². The molecule has 2 N–H and O–H groups in total. The molecule has 3 nitrogen and oxygen atoms in total. The average molecular weight is 332 g/mol. The van der Waals surface area contributed by atoms with E-state index in [1.54, 1.807) is 18.2 Å². The van der Waals surface area contributed by atoms with E-state index in [0.717, 1.165) is 0 Å². The van der Waals surface area contributed by atoms with E-state index in [-0.39, 0.29) is 6.61 Å². The summed E-state index contributed by atoms with van der Waals surface area (Å²) in [5.41, 5.74) is 0. The van der Waals surface area contributed by atoms with Crippen LogP contribution in [0.5, 0.6) is 5.75 Å². The minimum Gasteiger partial charge on any atom is -0.489 e. The first kappa shape index (κ1) is 16.9. The van der Waals surface area contributed by atoms with Gasteiger partial charge in [-0.1, -0.05) is 48.9 Å². The summed E-state index contributed by atoms with van der Waals surface area (Å²) in [5, 5.41) is 14.5. The Kier molecular flexibility index (Phi) is 7.11. The highest BCUT2D eigenvalue weighted by Crippen LogP contribution is 2.27. The zero-order valence-electron chi connectivity index (χ0n) is 12.2. The Hall–Kier alpha value is -0.480. The van der Waals surface area contributed by atoms with Gasteiger partial charge in [-0.15, -0.1) is 0 Å². The third-order valence-corrected chi connectivity index (χ3v) is 4.37. The summed E-state index contributed by atoms with van der Waals surface area (Å²) in [4.78, 5) is 0. The number of ether oxygens (including phenoxy) is 1. The van der Waals surface area contributed by atoms with Crippen LogP contribution in [0, 0.1) is 0 Å². The monoisotopic (exact) mass is 331 g/mol. The summed E-state index contributed by atoms with van der Waals surface area (Å²) in [6, 6.07) is 5.59. The first-order valence-electron chi connectivity index (χ1n) is 7.64. The maximum absolute atomic E-state index is 10.0. The number of halogens is 2. The van der Waals surface area contributed by atoms with Crippen LogP contribution < -0.4 is 10.1 Å². The van der Waals surface area contributed by atoms with Crippen LogP contribution >= 0.6 is 23.2 Å². The van der Waals surface area contributed by atoms with Gasteiger partial charge in [-0.2, -0.15) is 0 Å². The second-order valence-electron chi connectivity index (χ2n) is 5.64. The smallest absolute Gasteiger partial charge is 0.139 e. The Morgan fingerprint density at radius 2 is 1.90 bits per heavy atom. The molecule has 0 heterocycles. The van der Waals surface area contributed by atoms with Crippen molar-refractivity contribution in [3.05, 3.63) is 28.2 Å². The largest absolute Gasteiger partial charge is 0.489 e. The van der Waals surface area contributed by atoms with Gasteiger partial charge in [0.2, 0.25) is 0 Å². The van der Waals surface area contributed by atoms with Gasteiger partial charge in [0.05, 0.1) is 5.02 Å². The van der Waals surface area contributed by atoms with Gasteiger partial charge in [-0.05, 0) is 25.0 Å². The van der Waals surface area contributed by atoms with E-state index in [1.165, 1.54) is 38.5 Å². The molecule has 0 spiro atoms. The Labute approximate surface area is 136 Å². The number of nitrogens with one attached hydrogen (secondary N) is 1. The second-order valence-corrected chi connectivity index (χ2v) is 6.48. The first-order valence-corrected chi connectivity index (χ1v) is 8.40. The summed E-state index contributed by atoms with van der Waals surface area (Å²) < 4.78 is 5.54. The fourth-order valence-corrected chi connectivity index (χ4v) is 2.95. The van der Waals surface area contributed by atoms with Crippen LogP contribution in [0.25, 0.3) is 0 Å². The summed E-state index contributed by atoms with van der Waals surface area (Å²) in [6.45, 7) is 0.753. The predicted octanol–water partition coefficient (Wildman–Crippen LogP) is 4.05. The normalized spacial score (nSPS) is 18.2. The lowest BCUT2D eigenvalue weighted by Gasteiger charge is -2.19. The van der Waals surface area contributed by atoms with Gasteiger partial charge in [-0.25, -0.2) is 0 Å². The molecule has 0 saturated heterocycles. The fraction of sp³-hybridized carbons (Fsp3) is 0.625. The molecule has 2 rings (SSSR count). The maximum Gasteiger partial charge on any atom is 0.139 e. The average Bonchev–Trinajstić information content (AvgIpc) is 2.74. The van der Waals surface area contributed by atoms with Crippen molar-refractivity contribution in [3.63, 3.8) is 0 Å². The molecule has 0 aliphatic heterocycles. The number of aliphatic hydroxyl groups is 1. The number of aliphatic hydroxyl groups excluding tert-OH is 1. The quantitative estimate of drug-likeness (QED) is 0.773. The molecule has 5 heteroatoms. The van der Waals surface area contributed by atoms with E-state index in [0.29, 0.717) is 28.4 Å². The Morgan fingerprint density at radius 3 is 2.62 bits per heavy atom. The van der Waals surface area contributed by atoms with Gasteiger partial charge in [0.15, 0.2) is 0 Å². The molecule has 0 aromatic heterocycles. The molecule has 1 aromatic carbocycles. The summed E-state index contributed by atoms with van der Waals surface area (Å²) in [6.07, 6.45) is 7.07. The van der Waals surface area contributed by atoms with E-state index in [1.807, 2.05) is 0 Å². The molecular weight excluding hydrogens is 309 g/mol. The number of hydrogen-bond donors (Lipinski definition) is 2. The molecule has 0 bridgehead atoms. The van der Waals surface area contributed by atoms with Crippen molar-refractivity contribution in [2.45, 2.75) is 50.7 Å². The first-order chi connectivity index (χ1) is 10.1. The van der Waals surface area contributed by atoms with Crippen LogP contribution in [-0.2, 0) is 0 Å². The van der Waals surface area contributed by atoms with Crippen molar-refractivity contribution < 1.29 is 9.84 Å². The standard InChI is InChI=1S/C16H23Cl2NO2/c17-12-7-8-15(18)16(9-12)21-11-14(20)10-19-13-5-3-1-2-4-6-13/h7-9,13-14,19-20H,1-6,10-11H2/t14-/m0/s1. The molecule has 118 valence electrons. The maximum atomic E-state index is 10.0. The molecular formula is C16H23Cl2NO2. The highest BCUT2D eigenvalue weighted by atomic mass is 35.5. The lowest BCUT2D eigenvalue weighted by Crippen LogP contribution is -2.37. The molecule has 0 unspecified atom stereocenters. The molecule has 1 atom stereocenters. The summed E-state index contributed by atoms with van der Waals surface area (Å²) >= 11 is 11.9. The van der Waals surface area contributed by atoms with Crippen molar-refractivity contribution in [3.8, 4) is 5.75 Å². The molecule has 1 saturated carbocycles. The van der Waals surface area contributed by atoms with Crippen LogP contribution in [0.2, 0.25) is 10.0 Å². The minimum atomic E-state index is -0.552. The highest BCUT2D eigenvalue weighted by molar-refractivity contribution is 6.34. The SMILES string of the molecule is O[C@@H](CNC1CCCCCC1)COc1cc(Cl)ccc1Cl. The predicted molar refractivity (Wildman–Crippen MR) is 87.5 cm³/mol. The molecule has 1 aliphatic rings. The summed E-state index contributed by atoms with van der Waals surface area (Å²) in [7, 11) is 0. The number of rotatable bonds is 6. The van der Waals surface area contributed by atoms with Gasteiger partial charge >= 0.3 is 0 Å². The zero-order chi connectivity index (χ0) is 15.1. The lowest BCUT2D eigenvalue weighted by atomic mass is 10.1. The van der Waals surface area contributed by atoms with E-state index in [4.69, 9.17) is 27.9 Å². The van der Waals surface area contributed by atoms with Crippen molar-refractivity contribution in [1.29, 1.82) is 0 Å². The van der Waals surface area contributed by atoms with Crippen LogP contribution in [0.1, 0.15) is 38.5 Å². The van der Waals surface area contributed by atoms with E-state index >= 15 is 0 Å². The topological polar surface area (TPSA) is 41.5 Å².